The number of hydrogen-bond acceptors (Lipinski definition) is 11. The van der Waals surface area contributed by atoms with Gasteiger partial charge in [0.1, 0.15) is 36.0 Å². The van der Waals surface area contributed by atoms with E-state index in [4.69, 9.17) is 18.9 Å². The van der Waals surface area contributed by atoms with Crippen molar-refractivity contribution in [1.82, 2.24) is 24.0 Å². The molecule has 16 heteroatoms. The highest BCUT2D eigenvalue weighted by Gasteiger charge is 2.61. The van der Waals surface area contributed by atoms with E-state index in [9.17, 15) is 29.1 Å². The normalized spacial score (nSPS) is 35.0. The number of amides is 1. The summed E-state index contributed by atoms with van der Waals surface area (Å²) < 4.78 is 27.1. The maximum absolute atomic E-state index is 13.3. The van der Waals surface area contributed by atoms with Gasteiger partial charge in [-0.25, -0.2) is 9.59 Å². The smallest absolute Gasteiger partial charge is 0.330 e. The standard InChI is InChI=1S/C24H29N5O10S/c1-10-7-28(23(35)26-19(10)33)15-6-11(12(8-30)36-15)29-14(32)9-40-21(29)18-16-17(39-24(2,3)38-16)20(37-18)27-5-4-13(31)25-22(27)34/h4-5,7,11-12,15-18,20-21,30H,6,8-9H2,1-3H3,(H,25,31,34)(H,26,33,35)/t11-,12+,15+,16-,17+,18-,20+,21-/m0/s1. The van der Waals surface area contributed by atoms with Gasteiger partial charge in [-0.05, 0) is 20.8 Å². The van der Waals surface area contributed by atoms with Crippen LogP contribution in [-0.4, -0.2) is 89.0 Å². The molecule has 4 saturated heterocycles. The molecular weight excluding hydrogens is 550 g/mol. The number of H-pyrrole nitrogens is 2. The lowest BCUT2D eigenvalue weighted by Gasteiger charge is -2.36. The molecule has 40 heavy (non-hydrogen) atoms. The predicted octanol–water partition coefficient (Wildman–Crippen LogP) is -1.64. The molecule has 6 heterocycles. The second kappa shape index (κ2) is 9.81. The van der Waals surface area contributed by atoms with Crippen LogP contribution in [-0.2, 0) is 23.7 Å². The number of aliphatic hydroxyl groups excluding tert-OH is 1. The zero-order chi connectivity index (χ0) is 28.5. The van der Waals surface area contributed by atoms with Gasteiger partial charge in [0, 0.05) is 30.4 Å². The summed E-state index contributed by atoms with van der Waals surface area (Å²) in [5.74, 6) is -1.08. The molecule has 4 aliphatic rings. The molecule has 2 aromatic rings. The second-order valence-corrected chi connectivity index (χ2v) is 11.8. The summed E-state index contributed by atoms with van der Waals surface area (Å²) in [5.41, 5.74) is -2.08. The molecule has 0 bridgehead atoms. The van der Waals surface area contributed by atoms with E-state index in [1.807, 2.05) is 0 Å². The number of carbonyl (C=O) groups is 1. The van der Waals surface area contributed by atoms with E-state index in [0.717, 1.165) is 0 Å². The average molecular weight is 580 g/mol. The summed E-state index contributed by atoms with van der Waals surface area (Å²) in [4.78, 5) is 68.0. The maximum atomic E-state index is 13.3. The van der Waals surface area contributed by atoms with Crippen LogP contribution in [0.4, 0.5) is 0 Å². The minimum Gasteiger partial charge on any atom is -0.394 e. The first-order valence-corrected chi connectivity index (χ1v) is 13.9. The van der Waals surface area contributed by atoms with Gasteiger partial charge in [-0.15, -0.1) is 11.8 Å². The van der Waals surface area contributed by atoms with Gasteiger partial charge in [-0.3, -0.25) is 33.5 Å². The average Bonchev–Trinajstić information content (AvgIpc) is 3.62. The fourth-order valence-corrected chi connectivity index (χ4v) is 7.22. The van der Waals surface area contributed by atoms with Gasteiger partial charge in [0.05, 0.1) is 18.4 Å². The monoisotopic (exact) mass is 579 g/mol. The Bertz CT molecular complexity index is 1560. The lowest BCUT2D eigenvalue weighted by molar-refractivity contribution is -0.201. The van der Waals surface area contributed by atoms with Crippen LogP contribution in [0.1, 0.15) is 38.3 Å². The van der Waals surface area contributed by atoms with E-state index in [1.54, 1.807) is 25.7 Å². The molecule has 0 radical (unpaired) electrons. The van der Waals surface area contributed by atoms with Crippen molar-refractivity contribution in [3.8, 4) is 0 Å². The number of nitrogens with one attached hydrogen (secondary N) is 2. The van der Waals surface area contributed by atoms with Crippen molar-refractivity contribution in [2.75, 3.05) is 12.4 Å². The maximum Gasteiger partial charge on any atom is 0.330 e. The van der Waals surface area contributed by atoms with Crippen molar-refractivity contribution in [2.45, 2.75) is 81.3 Å². The number of thioether (sulfide) groups is 1. The number of aliphatic hydroxyl groups is 1. The minimum absolute atomic E-state index is 0.131. The Morgan fingerprint density at radius 3 is 2.48 bits per heavy atom. The molecule has 6 rings (SSSR count). The highest BCUT2D eigenvalue weighted by atomic mass is 32.2. The van der Waals surface area contributed by atoms with Gasteiger partial charge >= 0.3 is 11.4 Å². The summed E-state index contributed by atoms with van der Waals surface area (Å²) in [6, 6.07) is 0.574. The molecule has 3 N–H and O–H groups in total. The molecule has 0 saturated carbocycles. The number of nitrogens with zero attached hydrogens (tertiary/aromatic N) is 3. The lowest BCUT2D eigenvalue weighted by atomic mass is 10.0. The molecular formula is C24H29N5O10S. The molecule has 4 fully saturated rings. The third kappa shape index (κ3) is 4.48. The summed E-state index contributed by atoms with van der Waals surface area (Å²) in [7, 11) is 0. The number of aromatic nitrogens is 4. The van der Waals surface area contributed by atoms with E-state index in [0.29, 0.717) is 5.56 Å². The number of aryl methyl sites for hydroxylation is 1. The summed E-state index contributed by atoms with van der Waals surface area (Å²) in [6.45, 7) is 4.62. The van der Waals surface area contributed by atoms with Crippen LogP contribution in [0.3, 0.4) is 0 Å². The Labute approximate surface area is 230 Å². The van der Waals surface area contributed by atoms with E-state index in [-0.39, 0.29) is 18.1 Å². The zero-order valence-electron chi connectivity index (χ0n) is 21.8. The van der Waals surface area contributed by atoms with Gasteiger partial charge in [-0.1, -0.05) is 0 Å². The first-order chi connectivity index (χ1) is 19.0. The first-order valence-electron chi connectivity index (χ1n) is 12.8. The highest BCUT2D eigenvalue weighted by Crippen LogP contribution is 2.48. The van der Waals surface area contributed by atoms with E-state index >= 15 is 0 Å². The van der Waals surface area contributed by atoms with Crippen LogP contribution >= 0.6 is 11.8 Å². The van der Waals surface area contributed by atoms with Crippen molar-refractivity contribution in [2.24, 2.45) is 0 Å². The minimum atomic E-state index is -1.00. The molecule has 0 aliphatic carbocycles. The van der Waals surface area contributed by atoms with Crippen LogP contribution < -0.4 is 22.5 Å². The fraction of sp³-hybridized carbons (Fsp3) is 0.625. The van der Waals surface area contributed by atoms with E-state index < -0.39 is 83.2 Å². The summed E-state index contributed by atoms with van der Waals surface area (Å²) >= 11 is 1.33. The molecule has 1 amide bonds. The van der Waals surface area contributed by atoms with E-state index in [1.165, 1.54) is 39.4 Å². The van der Waals surface area contributed by atoms with Crippen LogP contribution in [0, 0.1) is 6.92 Å². The molecule has 0 spiro atoms. The number of ether oxygens (including phenoxy) is 4. The molecule has 0 unspecified atom stereocenters. The van der Waals surface area contributed by atoms with Crippen molar-refractivity contribution in [1.29, 1.82) is 0 Å². The van der Waals surface area contributed by atoms with Crippen LogP contribution in [0.15, 0.2) is 37.6 Å². The number of fused-ring (bicyclic) bond motifs is 1. The molecule has 15 nitrogen and oxygen atoms in total. The molecule has 216 valence electrons. The summed E-state index contributed by atoms with van der Waals surface area (Å²) in [6.07, 6.45) is -1.83. The molecule has 0 aromatic carbocycles. The van der Waals surface area contributed by atoms with Gasteiger partial charge in [0.25, 0.3) is 11.1 Å². The number of rotatable bonds is 5. The summed E-state index contributed by atoms with van der Waals surface area (Å²) in [5, 5.41) is 9.57. The van der Waals surface area contributed by atoms with Crippen molar-refractivity contribution < 1.29 is 28.8 Å². The molecule has 4 aliphatic heterocycles. The van der Waals surface area contributed by atoms with Gasteiger partial charge in [0.15, 0.2) is 12.0 Å². The predicted molar refractivity (Wildman–Crippen MR) is 138 cm³/mol. The highest BCUT2D eigenvalue weighted by molar-refractivity contribution is 8.01. The lowest BCUT2D eigenvalue weighted by Crippen LogP contribution is -2.53. The molecule has 8 atom stereocenters. The Morgan fingerprint density at radius 2 is 1.75 bits per heavy atom. The number of aromatic amines is 2. The fourth-order valence-electron chi connectivity index (χ4n) is 5.91. The Balaban J connectivity index is 1.32. The van der Waals surface area contributed by atoms with Gasteiger partial charge < -0.3 is 29.0 Å². The number of carbonyl (C=O) groups excluding carboxylic acids is 1. The van der Waals surface area contributed by atoms with Crippen LogP contribution in [0.5, 0.6) is 0 Å². The van der Waals surface area contributed by atoms with E-state index in [2.05, 4.69) is 9.97 Å². The Morgan fingerprint density at radius 1 is 1.02 bits per heavy atom. The zero-order valence-corrected chi connectivity index (χ0v) is 22.7. The quantitative estimate of drug-likeness (QED) is 0.369. The van der Waals surface area contributed by atoms with Crippen LogP contribution in [0.2, 0.25) is 0 Å². The van der Waals surface area contributed by atoms with Gasteiger partial charge in [-0.2, -0.15) is 0 Å². The number of hydrogen-bond donors (Lipinski definition) is 3. The largest absolute Gasteiger partial charge is 0.394 e. The van der Waals surface area contributed by atoms with Gasteiger partial charge in [0.2, 0.25) is 5.91 Å². The van der Waals surface area contributed by atoms with Crippen molar-refractivity contribution in [3.63, 3.8) is 0 Å². The third-order valence-corrected chi connectivity index (χ3v) is 8.86. The van der Waals surface area contributed by atoms with Crippen LogP contribution in [0.25, 0.3) is 0 Å². The molecule has 2 aromatic heterocycles. The van der Waals surface area contributed by atoms with Crippen molar-refractivity contribution in [3.05, 3.63) is 65.7 Å². The Kier molecular flexibility index (Phi) is 6.66. The Hall–Kier alpha value is -3.02. The second-order valence-electron chi connectivity index (χ2n) is 10.7. The third-order valence-electron chi connectivity index (χ3n) is 7.61. The topological polar surface area (TPSA) is 187 Å². The SMILES string of the molecule is Cc1cn([C@H]2C[C@H](N3C(=O)CS[C@H]3[C@H]3O[C@@H](n4ccc(=O)[nH]c4=O)[C@@H]4OC(C)(C)O[C@@H]43)[C@@H](CO)O2)c(=O)[nH]c1=O. The first kappa shape index (κ1) is 27.2. The van der Waals surface area contributed by atoms with Crippen molar-refractivity contribution >= 4 is 17.7 Å².